The highest BCUT2D eigenvalue weighted by Crippen LogP contribution is 2.33. The number of nitrogens with zero attached hydrogens (tertiary/aromatic N) is 2. The Kier molecular flexibility index (Phi) is 2.22. The van der Waals surface area contributed by atoms with Crippen LogP contribution in [0, 0.1) is 10.6 Å². The van der Waals surface area contributed by atoms with Gasteiger partial charge in [0.15, 0.2) is 0 Å². The SMILES string of the molecule is CCC1(CC)C(C)=N[N+]([O-])=C1C. The van der Waals surface area contributed by atoms with E-state index in [0.29, 0.717) is 0 Å². The molecule has 12 heavy (non-hydrogen) atoms. The predicted molar refractivity (Wildman–Crippen MR) is 50.4 cm³/mol. The molecule has 0 aromatic heterocycles. The maximum atomic E-state index is 11.2. The van der Waals surface area contributed by atoms with E-state index in [9.17, 15) is 5.21 Å². The van der Waals surface area contributed by atoms with Crippen molar-refractivity contribution < 1.29 is 4.85 Å². The molecule has 3 heteroatoms. The maximum Gasteiger partial charge on any atom is 0.207 e. The summed E-state index contributed by atoms with van der Waals surface area (Å²) >= 11 is 0. The molecule has 0 amide bonds. The Balaban J connectivity index is 3.13. The molecular formula is C9H16N2O. The number of hydrazone groups is 1. The molecule has 1 heterocycles. The normalized spacial score (nSPS) is 21.5. The van der Waals surface area contributed by atoms with Gasteiger partial charge in [-0.25, -0.2) is 0 Å². The molecule has 0 fully saturated rings. The van der Waals surface area contributed by atoms with Gasteiger partial charge < -0.3 is 5.21 Å². The maximum absolute atomic E-state index is 11.2. The van der Waals surface area contributed by atoms with Crippen LogP contribution in [0.4, 0.5) is 0 Å². The van der Waals surface area contributed by atoms with Gasteiger partial charge in [0.25, 0.3) is 0 Å². The van der Waals surface area contributed by atoms with Gasteiger partial charge in [-0.05, 0) is 19.8 Å². The van der Waals surface area contributed by atoms with Crippen molar-refractivity contribution in [2.45, 2.75) is 40.5 Å². The lowest BCUT2D eigenvalue weighted by Crippen LogP contribution is -2.33. The van der Waals surface area contributed by atoms with E-state index in [0.717, 1.165) is 29.1 Å². The van der Waals surface area contributed by atoms with E-state index >= 15 is 0 Å². The minimum atomic E-state index is -0.0538. The minimum Gasteiger partial charge on any atom is -0.594 e. The molecule has 0 unspecified atom stereocenters. The molecule has 3 nitrogen and oxygen atoms in total. The van der Waals surface area contributed by atoms with E-state index in [1.54, 1.807) is 0 Å². The van der Waals surface area contributed by atoms with Crippen LogP contribution in [0.1, 0.15) is 40.5 Å². The Hall–Kier alpha value is -0.860. The van der Waals surface area contributed by atoms with Crippen molar-refractivity contribution in [1.82, 2.24) is 0 Å². The Morgan fingerprint density at radius 3 is 2.00 bits per heavy atom. The summed E-state index contributed by atoms with van der Waals surface area (Å²) in [5.41, 5.74) is 1.74. The summed E-state index contributed by atoms with van der Waals surface area (Å²) in [6, 6.07) is 0. The highest BCUT2D eigenvalue weighted by molar-refractivity contribution is 6.09. The third-order valence-electron chi connectivity index (χ3n) is 3.12. The lowest BCUT2D eigenvalue weighted by molar-refractivity contribution is -0.461. The molecule has 0 aliphatic carbocycles. The fourth-order valence-electron chi connectivity index (χ4n) is 2.03. The quantitative estimate of drug-likeness (QED) is 0.460. The van der Waals surface area contributed by atoms with Gasteiger partial charge in [-0.3, -0.25) is 0 Å². The standard InChI is InChI=1S/C9H16N2O/c1-5-9(6-2)7(3)10-11(12)8(9)4/h5-6H2,1-4H3. The third-order valence-corrected chi connectivity index (χ3v) is 3.12. The molecule has 0 saturated carbocycles. The summed E-state index contributed by atoms with van der Waals surface area (Å²) in [6.07, 6.45) is 1.92. The van der Waals surface area contributed by atoms with Crippen molar-refractivity contribution >= 4 is 11.4 Å². The Labute approximate surface area is 73.4 Å². The first-order chi connectivity index (χ1) is 5.58. The fraction of sp³-hybridized carbons (Fsp3) is 0.778. The van der Waals surface area contributed by atoms with Crippen LogP contribution in [0.25, 0.3) is 0 Å². The van der Waals surface area contributed by atoms with Gasteiger partial charge in [-0.1, -0.05) is 18.7 Å². The first-order valence-corrected chi connectivity index (χ1v) is 4.45. The van der Waals surface area contributed by atoms with E-state index in [1.165, 1.54) is 0 Å². The molecule has 0 atom stereocenters. The van der Waals surface area contributed by atoms with Crippen molar-refractivity contribution in [2.24, 2.45) is 10.5 Å². The van der Waals surface area contributed by atoms with Crippen molar-refractivity contribution in [3.63, 3.8) is 0 Å². The van der Waals surface area contributed by atoms with Crippen molar-refractivity contribution in [1.29, 1.82) is 0 Å². The molecule has 0 aromatic carbocycles. The van der Waals surface area contributed by atoms with Crippen LogP contribution in [0.2, 0.25) is 0 Å². The van der Waals surface area contributed by atoms with E-state index in [1.807, 2.05) is 13.8 Å². The average Bonchev–Trinajstić information content (AvgIpc) is 2.26. The lowest BCUT2D eigenvalue weighted by Gasteiger charge is -2.22. The summed E-state index contributed by atoms with van der Waals surface area (Å²) in [4.78, 5) is 0.766. The Morgan fingerprint density at radius 1 is 1.33 bits per heavy atom. The molecule has 1 aliphatic heterocycles. The summed E-state index contributed by atoms with van der Waals surface area (Å²) in [6.45, 7) is 8.02. The third kappa shape index (κ3) is 0.958. The van der Waals surface area contributed by atoms with Crippen LogP contribution in [0.5, 0.6) is 0 Å². The van der Waals surface area contributed by atoms with E-state index in [-0.39, 0.29) is 5.41 Å². The monoisotopic (exact) mass is 168 g/mol. The predicted octanol–water partition coefficient (Wildman–Crippen LogP) is 2.15. The van der Waals surface area contributed by atoms with Crippen LogP contribution in [-0.2, 0) is 0 Å². The van der Waals surface area contributed by atoms with Gasteiger partial charge in [-0.2, -0.15) is 0 Å². The zero-order valence-corrected chi connectivity index (χ0v) is 8.22. The first-order valence-electron chi connectivity index (χ1n) is 4.45. The second-order valence-corrected chi connectivity index (χ2v) is 3.33. The molecule has 0 saturated heterocycles. The molecule has 1 aliphatic rings. The molecule has 0 radical (unpaired) electrons. The van der Waals surface area contributed by atoms with Crippen molar-refractivity contribution in [2.75, 3.05) is 0 Å². The molecule has 0 N–H and O–H groups in total. The number of hydrogen-bond donors (Lipinski definition) is 0. The molecular weight excluding hydrogens is 152 g/mol. The van der Waals surface area contributed by atoms with Gasteiger partial charge in [0.2, 0.25) is 5.71 Å². The lowest BCUT2D eigenvalue weighted by atomic mass is 9.75. The van der Waals surface area contributed by atoms with E-state index in [2.05, 4.69) is 18.9 Å². The summed E-state index contributed by atoms with van der Waals surface area (Å²) < 4.78 is 0. The van der Waals surface area contributed by atoms with Crippen LogP contribution in [-0.4, -0.2) is 16.3 Å². The zero-order chi connectivity index (χ0) is 9.35. The van der Waals surface area contributed by atoms with Gasteiger partial charge in [-0.15, -0.1) is 0 Å². The zero-order valence-electron chi connectivity index (χ0n) is 8.22. The van der Waals surface area contributed by atoms with Gasteiger partial charge >= 0.3 is 0 Å². The topological polar surface area (TPSA) is 38.4 Å². The molecule has 0 spiro atoms. The van der Waals surface area contributed by atoms with Gasteiger partial charge in [0.05, 0.1) is 11.1 Å². The van der Waals surface area contributed by atoms with Crippen LogP contribution < -0.4 is 0 Å². The number of hydrogen-bond acceptors (Lipinski definition) is 2. The summed E-state index contributed by atoms with van der Waals surface area (Å²) in [7, 11) is 0. The molecule has 68 valence electrons. The smallest absolute Gasteiger partial charge is 0.207 e. The molecule has 0 aromatic rings. The second kappa shape index (κ2) is 2.88. The van der Waals surface area contributed by atoms with Gasteiger partial charge in [0, 0.05) is 12.0 Å². The van der Waals surface area contributed by atoms with Gasteiger partial charge in [0.1, 0.15) is 0 Å². The number of rotatable bonds is 2. The van der Waals surface area contributed by atoms with E-state index < -0.39 is 0 Å². The summed E-state index contributed by atoms with van der Waals surface area (Å²) in [5.74, 6) is 0. The average molecular weight is 168 g/mol. The Morgan fingerprint density at radius 2 is 1.83 bits per heavy atom. The fourth-order valence-corrected chi connectivity index (χ4v) is 2.03. The second-order valence-electron chi connectivity index (χ2n) is 3.33. The van der Waals surface area contributed by atoms with Crippen LogP contribution >= 0.6 is 0 Å². The Bertz CT molecular complexity index is 249. The molecule has 1 rings (SSSR count). The first kappa shape index (κ1) is 9.23. The van der Waals surface area contributed by atoms with Crippen molar-refractivity contribution in [3.8, 4) is 0 Å². The van der Waals surface area contributed by atoms with Crippen LogP contribution in [0.15, 0.2) is 5.10 Å². The summed E-state index contributed by atoms with van der Waals surface area (Å²) in [5, 5.41) is 15.1. The van der Waals surface area contributed by atoms with Crippen LogP contribution in [0.3, 0.4) is 0 Å². The van der Waals surface area contributed by atoms with E-state index in [4.69, 9.17) is 0 Å². The highest BCUT2D eigenvalue weighted by Gasteiger charge is 2.43. The minimum absolute atomic E-state index is 0.0538. The largest absolute Gasteiger partial charge is 0.594 e. The molecule has 0 bridgehead atoms. The van der Waals surface area contributed by atoms with Crippen molar-refractivity contribution in [3.05, 3.63) is 5.21 Å². The highest BCUT2D eigenvalue weighted by atomic mass is 16.5.